The van der Waals surface area contributed by atoms with E-state index in [2.05, 4.69) is 17.2 Å². The van der Waals surface area contributed by atoms with Crippen molar-refractivity contribution in [2.24, 2.45) is 0 Å². The summed E-state index contributed by atoms with van der Waals surface area (Å²) in [5, 5.41) is 3.31. The molecule has 1 N–H and O–H groups in total. The zero-order valence-electron chi connectivity index (χ0n) is 13.0. The first kappa shape index (κ1) is 14.7. The maximum absolute atomic E-state index is 12.7. The quantitative estimate of drug-likeness (QED) is 0.926. The zero-order valence-corrected chi connectivity index (χ0v) is 13.0. The number of nitrogens with one attached hydrogen (secondary N) is 1. The Bertz CT molecular complexity index is 669. The number of carbonyl (C=O) groups excluding carboxylic acids is 1. The van der Waals surface area contributed by atoms with Crippen LogP contribution in [0.25, 0.3) is 11.3 Å². The molecule has 1 amide bonds. The Morgan fingerprint density at radius 2 is 2.00 bits per heavy atom. The van der Waals surface area contributed by atoms with Crippen molar-refractivity contribution in [1.29, 1.82) is 0 Å². The summed E-state index contributed by atoms with van der Waals surface area (Å²) in [4.78, 5) is 19.3. The van der Waals surface area contributed by atoms with Gasteiger partial charge in [0.2, 0.25) is 0 Å². The van der Waals surface area contributed by atoms with Crippen molar-refractivity contribution in [3.05, 3.63) is 53.7 Å². The number of rotatable bonds is 2. The number of nitrogens with zero attached hydrogens (tertiary/aromatic N) is 2. The van der Waals surface area contributed by atoms with Gasteiger partial charge in [0.25, 0.3) is 5.91 Å². The van der Waals surface area contributed by atoms with Gasteiger partial charge in [0.05, 0.1) is 17.0 Å². The summed E-state index contributed by atoms with van der Waals surface area (Å²) in [6.45, 7) is 6.43. The van der Waals surface area contributed by atoms with Crippen LogP contribution < -0.4 is 5.32 Å². The molecule has 1 aliphatic heterocycles. The molecule has 1 atom stereocenters. The van der Waals surface area contributed by atoms with Gasteiger partial charge < -0.3 is 10.2 Å². The second-order valence-electron chi connectivity index (χ2n) is 5.75. The highest BCUT2D eigenvalue weighted by Gasteiger charge is 2.25. The van der Waals surface area contributed by atoms with Gasteiger partial charge >= 0.3 is 0 Å². The normalized spacial score (nSPS) is 18.3. The van der Waals surface area contributed by atoms with Crippen LogP contribution in [0.1, 0.15) is 23.0 Å². The fourth-order valence-corrected chi connectivity index (χ4v) is 2.85. The number of piperazine rings is 1. The molecule has 3 rings (SSSR count). The summed E-state index contributed by atoms with van der Waals surface area (Å²) in [6.07, 6.45) is 0. The van der Waals surface area contributed by atoms with Gasteiger partial charge in [-0.2, -0.15) is 0 Å². The van der Waals surface area contributed by atoms with E-state index >= 15 is 0 Å². The highest BCUT2D eigenvalue weighted by molar-refractivity contribution is 5.95. The molecule has 1 aromatic carbocycles. The second-order valence-corrected chi connectivity index (χ2v) is 5.75. The van der Waals surface area contributed by atoms with Crippen molar-refractivity contribution < 1.29 is 4.79 Å². The van der Waals surface area contributed by atoms with Crippen molar-refractivity contribution in [2.45, 2.75) is 19.9 Å². The number of benzene rings is 1. The largest absolute Gasteiger partial charge is 0.333 e. The van der Waals surface area contributed by atoms with E-state index in [4.69, 9.17) is 0 Å². The number of aryl methyl sites for hydroxylation is 1. The van der Waals surface area contributed by atoms with Gasteiger partial charge in [0.15, 0.2) is 0 Å². The fourth-order valence-electron chi connectivity index (χ4n) is 2.85. The monoisotopic (exact) mass is 295 g/mol. The van der Waals surface area contributed by atoms with Crippen molar-refractivity contribution >= 4 is 5.91 Å². The maximum atomic E-state index is 12.7. The average molecular weight is 295 g/mol. The highest BCUT2D eigenvalue weighted by Crippen LogP contribution is 2.20. The average Bonchev–Trinajstić information content (AvgIpc) is 2.55. The van der Waals surface area contributed by atoms with Gasteiger partial charge in [-0.3, -0.25) is 9.78 Å². The molecule has 1 aliphatic rings. The number of amides is 1. The van der Waals surface area contributed by atoms with Crippen LogP contribution in [-0.4, -0.2) is 41.5 Å². The summed E-state index contributed by atoms with van der Waals surface area (Å²) in [5.41, 5.74) is 3.47. The van der Waals surface area contributed by atoms with Crippen molar-refractivity contribution in [3.8, 4) is 11.3 Å². The van der Waals surface area contributed by atoms with Crippen LogP contribution in [0.15, 0.2) is 42.5 Å². The van der Waals surface area contributed by atoms with E-state index in [1.54, 1.807) is 0 Å². The Labute approximate surface area is 131 Å². The number of carbonyl (C=O) groups is 1. The zero-order chi connectivity index (χ0) is 15.5. The lowest BCUT2D eigenvalue weighted by atomic mass is 10.1. The molecular formula is C18H21N3O. The lowest BCUT2D eigenvalue weighted by molar-refractivity contribution is 0.0654. The minimum Gasteiger partial charge on any atom is -0.333 e. The fraction of sp³-hybridized carbons (Fsp3) is 0.333. The first-order valence-electron chi connectivity index (χ1n) is 7.71. The molecule has 1 saturated heterocycles. The molecule has 0 radical (unpaired) electrons. The number of aromatic nitrogens is 1. The smallest absolute Gasteiger partial charge is 0.256 e. The number of pyridine rings is 1. The number of hydrogen-bond donors (Lipinski definition) is 1. The first-order chi connectivity index (χ1) is 10.7. The van der Waals surface area contributed by atoms with Crippen molar-refractivity contribution in [3.63, 3.8) is 0 Å². The molecule has 1 fully saturated rings. The van der Waals surface area contributed by atoms with Gasteiger partial charge in [-0.1, -0.05) is 30.3 Å². The molecule has 0 bridgehead atoms. The Kier molecular flexibility index (Phi) is 4.20. The van der Waals surface area contributed by atoms with E-state index < -0.39 is 0 Å². The lowest BCUT2D eigenvalue weighted by Crippen LogP contribution is -2.52. The van der Waals surface area contributed by atoms with Crippen LogP contribution in [0, 0.1) is 6.92 Å². The number of hydrogen-bond acceptors (Lipinski definition) is 3. The Morgan fingerprint density at radius 1 is 1.23 bits per heavy atom. The third-order valence-electron chi connectivity index (χ3n) is 4.15. The molecule has 0 spiro atoms. The first-order valence-corrected chi connectivity index (χ1v) is 7.71. The van der Waals surface area contributed by atoms with Gasteiger partial charge in [-0.05, 0) is 26.0 Å². The Morgan fingerprint density at radius 3 is 2.68 bits per heavy atom. The maximum Gasteiger partial charge on any atom is 0.256 e. The predicted molar refractivity (Wildman–Crippen MR) is 87.8 cm³/mol. The molecule has 0 aliphatic carbocycles. The van der Waals surface area contributed by atoms with Crippen LogP contribution in [-0.2, 0) is 0 Å². The Balaban J connectivity index is 1.87. The minimum atomic E-state index is 0.0820. The molecule has 1 unspecified atom stereocenters. The third kappa shape index (κ3) is 2.88. The van der Waals surface area contributed by atoms with E-state index in [-0.39, 0.29) is 11.9 Å². The summed E-state index contributed by atoms with van der Waals surface area (Å²) in [7, 11) is 0. The third-order valence-corrected chi connectivity index (χ3v) is 4.15. The van der Waals surface area contributed by atoms with E-state index in [1.165, 1.54) is 0 Å². The Hall–Kier alpha value is -2.20. The van der Waals surface area contributed by atoms with Gasteiger partial charge in [-0.15, -0.1) is 0 Å². The second kappa shape index (κ2) is 6.28. The standard InChI is InChI=1S/C18H21N3O/c1-13-12-19-10-11-21(13)18(22)16-8-9-17(20-14(16)2)15-6-4-3-5-7-15/h3-9,13,19H,10-12H2,1-2H3. The van der Waals surface area contributed by atoms with Crippen LogP contribution in [0.3, 0.4) is 0 Å². The molecule has 4 nitrogen and oxygen atoms in total. The van der Waals surface area contributed by atoms with E-state index in [9.17, 15) is 4.79 Å². The van der Waals surface area contributed by atoms with Gasteiger partial charge in [0, 0.05) is 31.2 Å². The SMILES string of the molecule is Cc1nc(-c2ccccc2)ccc1C(=O)N1CCNCC1C. The van der Waals surface area contributed by atoms with Gasteiger partial charge in [0.1, 0.15) is 0 Å². The summed E-state index contributed by atoms with van der Waals surface area (Å²) < 4.78 is 0. The van der Waals surface area contributed by atoms with Gasteiger partial charge in [-0.25, -0.2) is 0 Å². The van der Waals surface area contributed by atoms with Crippen LogP contribution in [0.5, 0.6) is 0 Å². The van der Waals surface area contributed by atoms with E-state index in [0.717, 1.165) is 36.6 Å². The minimum absolute atomic E-state index is 0.0820. The molecular weight excluding hydrogens is 274 g/mol. The van der Waals surface area contributed by atoms with Crippen LogP contribution in [0.4, 0.5) is 0 Å². The van der Waals surface area contributed by atoms with Crippen LogP contribution >= 0.6 is 0 Å². The lowest BCUT2D eigenvalue weighted by Gasteiger charge is -2.34. The van der Waals surface area contributed by atoms with Crippen molar-refractivity contribution in [1.82, 2.24) is 15.2 Å². The summed E-state index contributed by atoms with van der Waals surface area (Å²) in [5.74, 6) is 0.0820. The molecule has 1 aromatic heterocycles. The molecule has 22 heavy (non-hydrogen) atoms. The molecule has 2 heterocycles. The molecule has 4 heteroatoms. The van der Waals surface area contributed by atoms with E-state index in [1.807, 2.05) is 54.3 Å². The highest BCUT2D eigenvalue weighted by atomic mass is 16.2. The molecule has 2 aromatic rings. The van der Waals surface area contributed by atoms with Crippen molar-refractivity contribution in [2.75, 3.05) is 19.6 Å². The molecule has 114 valence electrons. The van der Waals surface area contributed by atoms with E-state index in [0.29, 0.717) is 5.56 Å². The predicted octanol–water partition coefficient (Wildman–Crippen LogP) is 2.49. The van der Waals surface area contributed by atoms with Crippen LogP contribution in [0.2, 0.25) is 0 Å². The summed E-state index contributed by atoms with van der Waals surface area (Å²) in [6, 6.07) is 14.1. The topological polar surface area (TPSA) is 45.2 Å². The molecule has 0 saturated carbocycles. The summed E-state index contributed by atoms with van der Waals surface area (Å²) >= 11 is 0.